The fourth-order valence-corrected chi connectivity index (χ4v) is 1.03. The highest BCUT2D eigenvalue weighted by Crippen LogP contribution is 1.98. The number of nitrogens with one attached hydrogen (secondary N) is 1. The first-order valence-electron chi connectivity index (χ1n) is 4.61. The number of amides is 1. The monoisotopic (exact) mass is 218 g/mol. The van der Waals surface area contributed by atoms with Gasteiger partial charge in [0, 0.05) is 7.11 Å². The Morgan fingerprint density at radius 2 is 2.21 bits per heavy atom. The van der Waals surface area contributed by atoms with Crippen LogP contribution < -0.4 is 11.1 Å². The van der Waals surface area contributed by atoms with E-state index in [2.05, 4.69) is 5.32 Å². The van der Waals surface area contributed by atoms with E-state index in [9.17, 15) is 4.79 Å². The largest absolute Gasteiger partial charge is 0.393 e. The first-order valence-corrected chi connectivity index (χ1v) is 5.02. The molecule has 14 heavy (non-hydrogen) atoms. The zero-order chi connectivity index (χ0) is 11.1. The van der Waals surface area contributed by atoms with Crippen LogP contribution in [0.25, 0.3) is 0 Å². The fourth-order valence-electron chi connectivity index (χ4n) is 0.918. The number of rotatable bonds is 6. The molecule has 0 fully saturated rings. The first kappa shape index (κ1) is 13.3. The Kier molecular flexibility index (Phi) is 6.40. The molecular formula is C9H18N2O2S. The SMILES string of the molecule is CCC(COC)NC(=O)C(C)C(N)=S. The molecule has 0 heterocycles. The van der Waals surface area contributed by atoms with Gasteiger partial charge in [-0.3, -0.25) is 4.79 Å². The van der Waals surface area contributed by atoms with E-state index in [1.165, 1.54) is 0 Å². The molecule has 0 aromatic rings. The van der Waals surface area contributed by atoms with Crippen molar-refractivity contribution in [2.75, 3.05) is 13.7 Å². The van der Waals surface area contributed by atoms with Crippen LogP contribution in [0.1, 0.15) is 20.3 Å². The quantitative estimate of drug-likeness (QED) is 0.635. The van der Waals surface area contributed by atoms with E-state index in [-0.39, 0.29) is 16.9 Å². The summed E-state index contributed by atoms with van der Waals surface area (Å²) >= 11 is 4.73. The Morgan fingerprint density at radius 3 is 2.57 bits per heavy atom. The summed E-state index contributed by atoms with van der Waals surface area (Å²) in [5.74, 6) is -0.558. The molecule has 0 spiro atoms. The predicted molar refractivity (Wildman–Crippen MR) is 60.0 cm³/mol. The second-order valence-electron chi connectivity index (χ2n) is 3.19. The van der Waals surface area contributed by atoms with Crippen molar-refractivity contribution in [2.24, 2.45) is 11.7 Å². The number of thiocarbonyl (C=S) groups is 1. The Morgan fingerprint density at radius 1 is 1.64 bits per heavy atom. The van der Waals surface area contributed by atoms with Crippen LogP contribution in [-0.2, 0) is 9.53 Å². The Hall–Kier alpha value is -0.680. The number of carbonyl (C=O) groups is 1. The van der Waals surface area contributed by atoms with Crippen molar-refractivity contribution in [3.8, 4) is 0 Å². The van der Waals surface area contributed by atoms with E-state index >= 15 is 0 Å². The van der Waals surface area contributed by atoms with Crippen molar-refractivity contribution in [1.82, 2.24) is 5.32 Å². The number of carbonyl (C=O) groups excluding carboxylic acids is 1. The fraction of sp³-hybridized carbons (Fsp3) is 0.778. The van der Waals surface area contributed by atoms with Crippen molar-refractivity contribution >= 4 is 23.1 Å². The van der Waals surface area contributed by atoms with E-state index in [0.29, 0.717) is 6.61 Å². The van der Waals surface area contributed by atoms with E-state index in [0.717, 1.165) is 6.42 Å². The Bertz CT molecular complexity index is 209. The molecule has 5 heteroatoms. The second kappa shape index (κ2) is 6.73. The van der Waals surface area contributed by atoms with Crippen LogP contribution >= 0.6 is 12.2 Å². The van der Waals surface area contributed by atoms with Crippen LogP contribution in [0.4, 0.5) is 0 Å². The van der Waals surface area contributed by atoms with Gasteiger partial charge in [-0.15, -0.1) is 0 Å². The second-order valence-corrected chi connectivity index (χ2v) is 3.66. The third-order valence-corrected chi connectivity index (χ3v) is 2.38. The summed E-state index contributed by atoms with van der Waals surface area (Å²) in [6.07, 6.45) is 0.823. The van der Waals surface area contributed by atoms with Crippen LogP contribution in [-0.4, -0.2) is 30.7 Å². The van der Waals surface area contributed by atoms with Crippen molar-refractivity contribution in [2.45, 2.75) is 26.3 Å². The molecule has 0 saturated carbocycles. The van der Waals surface area contributed by atoms with Gasteiger partial charge in [0.1, 0.15) is 0 Å². The van der Waals surface area contributed by atoms with Crippen LogP contribution in [0.2, 0.25) is 0 Å². The summed E-state index contributed by atoms with van der Waals surface area (Å²) in [5, 5.41) is 2.82. The molecule has 0 rings (SSSR count). The average molecular weight is 218 g/mol. The van der Waals surface area contributed by atoms with Crippen molar-refractivity contribution in [1.29, 1.82) is 0 Å². The molecule has 0 bridgehead atoms. The highest BCUT2D eigenvalue weighted by atomic mass is 32.1. The number of methoxy groups -OCH3 is 1. The lowest BCUT2D eigenvalue weighted by atomic mass is 10.1. The van der Waals surface area contributed by atoms with Crippen molar-refractivity contribution in [3.63, 3.8) is 0 Å². The summed E-state index contributed by atoms with van der Waals surface area (Å²) in [7, 11) is 1.60. The molecule has 4 nitrogen and oxygen atoms in total. The van der Waals surface area contributed by atoms with Crippen LogP contribution in [0.5, 0.6) is 0 Å². The molecule has 0 radical (unpaired) electrons. The number of ether oxygens (including phenoxy) is 1. The number of nitrogens with two attached hydrogens (primary N) is 1. The van der Waals surface area contributed by atoms with Gasteiger partial charge in [0.15, 0.2) is 0 Å². The number of hydrogen-bond donors (Lipinski definition) is 2. The standard InChI is InChI=1S/C9H18N2O2S/c1-4-7(5-13-3)11-9(12)6(2)8(10)14/h6-7H,4-5H2,1-3H3,(H2,10,14)(H,11,12). The maximum Gasteiger partial charge on any atom is 0.229 e. The van der Waals surface area contributed by atoms with Gasteiger partial charge >= 0.3 is 0 Å². The minimum Gasteiger partial charge on any atom is -0.393 e. The molecule has 0 saturated heterocycles. The van der Waals surface area contributed by atoms with Crippen molar-refractivity contribution in [3.05, 3.63) is 0 Å². The third kappa shape index (κ3) is 4.53. The van der Waals surface area contributed by atoms with Gasteiger partial charge in [0.2, 0.25) is 5.91 Å². The van der Waals surface area contributed by atoms with Crippen LogP contribution in [0.3, 0.4) is 0 Å². The Labute approximate surface area is 90.2 Å². The first-order chi connectivity index (χ1) is 6.52. The van der Waals surface area contributed by atoms with E-state index in [1.807, 2.05) is 6.92 Å². The summed E-state index contributed by atoms with van der Waals surface area (Å²) in [6.45, 7) is 4.18. The van der Waals surface area contributed by atoms with Gasteiger partial charge in [0.05, 0.1) is 23.6 Å². The lowest BCUT2D eigenvalue weighted by molar-refractivity contribution is -0.123. The molecule has 1 amide bonds. The average Bonchev–Trinajstić information content (AvgIpc) is 2.15. The molecule has 0 aromatic heterocycles. The molecule has 82 valence electrons. The molecule has 3 N–H and O–H groups in total. The van der Waals surface area contributed by atoms with Gasteiger partial charge in [0.25, 0.3) is 0 Å². The summed E-state index contributed by atoms with van der Waals surface area (Å²) in [4.78, 5) is 11.7. The molecule has 0 aliphatic rings. The van der Waals surface area contributed by atoms with Gasteiger partial charge < -0.3 is 15.8 Å². The zero-order valence-corrected chi connectivity index (χ0v) is 9.69. The van der Waals surface area contributed by atoms with E-state index in [1.54, 1.807) is 14.0 Å². The van der Waals surface area contributed by atoms with E-state index < -0.39 is 5.92 Å². The van der Waals surface area contributed by atoms with Crippen LogP contribution in [0.15, 0.2) is 0 Å². The molecule has 2 atom stereocenters. The summed E-state index contributed by atoms with van der Waals surface area (Å²) < 4.78 is 4.96. The third-order valence-electron chi connectivity index (χ3n) is 2.03. The minimum absolute atomic E-state index is 0.0318. The van der Waals surface area contributed by atoms with Gasteiger partial charge in [-0.05, 0) is 13.3 Å². The topological polar surface area (TPSA) is 64.3 Å². The summed E-state index contributed by atoms with van der Waals surface area (Å²) in [5.41, 5.74) is 5.37. The van der Waals surface area contributed by atoms with Crippen LogP contribution in [0, 0.1) is 5.92 Å². The highest BCUT2D eigenvalue weighted by Gasteiger charge is 2.18. The predicted octanol–water partition coefficient (Wildman–Crippen LogP) is 0.450. The maximum absolute atomic E-state index is 11.5. The minimum atomic E-state index is -0.420. The molecule has 2 unspecified atom stereocenters. The smallest absolute Gasteiger partial charge is 0.229 e. The highest BCUT2D eigenvalue weighted by molar-refractivity contribution is 7.80. The van der Waals surface area contributed by atoms with Crippen molar-refractivity contribution < 1.29 is 9.53 Å². The molecule has 0 aliphatic carbocycles. The summed E-state index contributed by atoms with van der Waals surface area (Å²) in [6, 6.07) is 0.0318. The van der Waals surface area contributed by atoms with Gasteiger partial charge in [-0.2, -0.15) is 0 Å². The lowest BCUT2D eigenvalue weighted by Crippen LogP contribution is -2.43. The zero-order valence-electron chi connectivity index (χ0n) is 8.87. The lowest BCUT2D eigenvalue weighted by Gasteiger charge is -2.18. The van der Waals surface area contributed by atoms with E-state index in [4.69, 9.17) is 22.7 Å². The van der Waals surface area contributed by atoms with Gasteiger partial charge in [-0.25, -0.2) is 0 Å². The Balaban J connectivity index is 4.08. The normalized spacial score (nSPS) is 14.5. The number of hydrogen-bond acceptors (Lipinski definition) is 3. The molecule has 0 aromatic carbocycles. The molecular weight excluding hydrogens is 200 g/mol. The van der Waals surface area contributed by atoms with Gasteiger partial charge in [-0.1, -0.05) is 19.1 Å². The maximum atomic E-state index is 11.5. The molecule has 0 aliphatic heterocycles.